The molecule has 0 amide bonds. The summed E-state index contributed by atoms with van der Waals surface area (Å²) in [6.45, 7) is 3.54. The van der Waals surface area contributed by atoms with Crippen LogP contribution in [-0.4, -0.2) is 31.4 Å². The second kappa shape index (κ2) is 20.7. The van der Waals surface area contributed by atoms with E-state index < -0.39 is 27.0 Å². The van der Waals surface area contributed by atoms with Gasteiger partial charge in [-0.05, 0) is 25.5 Å². The van der Waals surface area contributed by atoms with E-state index >= 15 is 0 Å². The van der Waals surface area contributed by atoms with Crippen molar-refractivity contribution >= 4 is 21.2 Å². The molecule has 0 spiro atoms. The Morgan fingerprint density at radius 3 is 1.63 bits per heavy atom. The van der Waals surface area contributed by atoms with Crippen LogP contribution in [0.15, 0.2) is 36.4 Å². The van der Waals surface area contributed by atoms with Crippen LogP contribution in [0.5, 0.6) is 11.5 Å². The van der Waals surface area contributed by atoms with E-state index in [-0.39, 0.29) is 106 Å². The number of hydrogen-bond donors (Lipinski definition) is 2. The van der Waals surface area contributed by atoms with Gasteiger partial charge >= 0.3 is 110 Å². The first kappa shape index (κ1) is 37.1. The third kappa shape index (κ3) is 13.3. The molecule has 8 nitrogen and oxygen atoms in total. The number of carboxylic acid groups (broad SMARTS) is 2. The second-order valence-electron chi connectivity index (χ2n) is 5.19. The predicted octanol–water partition coefficient (Wildman–Crippen LogP) is -7.43. The summed E-state index contributed by atoms with van der Waals surface area (Å²) in [7, 11) is -1.42. The van der Waals surface area contributed by atoms with Crippen LogP contribution in [0.4, 0.5) is 0 Å². The van der Waals surface area contributed by atoms with Crippen molar-refractivity contribution in [1.82, 2.24) is 0 Å². The molecule has 0 aliphatic rings. The van der Waals surface area contributed by atoms with Gasteiger partial charge < -0.3 is 20.4 Å². The Balaban J connectivity index is -0.000000184. The molecule has 0 atom stereocenters. The fourth-order valence-electron chi connectivity index (χ4n) is 2.04. The van der Waals surface area contributed by atoms with Gasteiger partial charge in [0.1, 0.15) is 0 Å². The minimum absolute atomic E-state index is 0. The van der Waals surface area contributed by atoms with Crippen LogP contribution >= 0.6 is 0 Å². The van der Waals surface area contributed by atoms with Crippen LogP contribution in [0, 0.1) is 6.92 Å². The average molecular weight is 459 g/mol. The number of carboxylic acids is 2. The van der Waals surface area contributed by atoms with Gasteiger partial charge in [0.15, 0.2) is 0 Å². The van der Waals surface area contributed by atoms with Gasteiger partial charge in [0.05, 0.1) is 11.1 Å². The molecule has 0 aliphatic carbocycles. The molecule has 12 heteroatoms. The normalized spacial score (nSPS) is 8.07. The molecule has 0 saturated heterocycles. The minimum atomic E-state index is -1.42. The summed E-state index contributed by atoms with van der Waals surface area (Å²) in [5, 5.41) is 39.6. The molecule has 0 aliphatic heterocycles. The van der Waals surface area contributed by atoms with Gasteiger partial charge in [-0.3, -0.25) is 8.92 Å². The maximum atomic E-state index is 11.4. The molecule has 0 aromatic heterocycles. The fraction of sp³-hybridized carbons (Fsp3) is 0.222. The smallest absolute Gasteiger partial charge is 0.872 e. The summed E-state index contributed by atoms with van der Waals surface area (Å²) in [5.41, 5.74) is 0.753. The summed E-state index contributed by atoms with van der Waals surface area (Å²) in [6.07, 6.45) is 1.48. The molecule has 30 heavy (non-hydrogen) atoms. The Labute approximate surface area is 242 Å². The topological polar surface area (TPSA) is 155 Å². The quantitative estimate of drug-likeness (QED) is 0.428. The molecule has 0 saturated carbocycles. The predicted molar refractivity (Wildman–Crippen MR) is 91.6 cm³/mol. The van der Waals surface area contributed by atoms with Gasteiger partial charge in [-0.1, -0.05) is 60.2 Å². The zero-order valence-corrected chi connectivity index (χ0v) is 24.7. The van der Waals surface area contributed by atoms with Crippen molar-refractivity contribution in [2.24, 2.45) is 0 Å². The average Bonchev–Trinajstić information content (AvgIpc) is 2.60. The maximum Gasteiger partial charge on any atom is 1.00 e. The van der Waals surface area contributed by atoms with Crippen LogP contribution in [0.1, 0.15) is 45.2 Å². The van der Waals surface area contributed by atoms with Gasteiger partial charge in [0.2, 0.25) is 0 Å². The van der Waals surface area contributed by atoms with E-state index in [1.165, 1.54) is 12.1 Å². The number of carbonyl (C=O) groups is 2. The molecular formula is C18H18Na3O8Si+. The van der Waals surface area contributed by atoms with Crippen LogP contribution in [0.3, 0.4) is 0 Å². The zero-order chi connectivity index (χ0) is 21.0. The molecule has 144 valence electrons. The Hall–Kier alpha value is -0.203. The summed E-state index contributed by atoms with van der Waals surface area (Å²) in [4.78, 5) is 21.0. The van der Waals surface area contributed by atoms with Crippen molar-refractivity contribution in [3.8, 4) is 11.5 Å². The number of aryl methyl sites for hydroxylation is 2. The Bertz CT molecular complexity index is 840. The first-order chi connectivity index (χ1) is 12.7. The summed E-state index contributed by atoms with van der Waals surface area (Å²) < 4.78 is 16.8. The van der Waals surface area contributed by atoms with Gasteiger partial charge in [0.25, 0.3) is 0 Å². The maximum absolute atomic E-state index is 11.4. The fourth-order valence-corrected chi connectivity index (χ4v) is 2.04. The van der Waals surface area contributed by atoms with Crippen molar-refractivity contribution < 1.29 is 128 Å². The van der Waals surface area contributed by atoms with Crippen molar-refractivity contribution in [1.29, 1.82) is 0 Å². The standard InChI is InChI=1S/C10H12O3.C8H8O3.3Na.O2Si/c1-2-4-7-5-3-6-8(9(7)11)10(12)13;1-5-3-2-4-6(7(5)9)8(10)11;;;;1-3-2/h3,5-6,11H,2,4H2,1H3,(H,12,13);2-4,9H,1H3,(H,10,11);;;;/q;;3*+1;/p-2. The molecular weight excluding hydrogens is 441 g/mol. The molecule has 0 fully saturated rings. The monoisotopic (exact) mass is 459 g/mol. The summed E-state index contributed by atoms with van der Waals surface area (Å²) >= 11 is 0. The number of benzene rings is 2. The minimum Gasteiger partial charge on any atom is -0.872 e. The molecule has 2 aromatic carbocycles. The largest absolute Gasteiger partial charge is 1.00 e. The van der Waals surface area contributed by atoms with Crippen LogP contribution in [0.25, 0.3) is 0 Å². The number of aromatic carboxylic acids is 2. The number of rotatable bonds is 4. The number of para-hydroxylation sites is 2. The summed E-state index contributed by atoms with van der Waals surface area (Å²) in [5.74, 6) is -3.07. The first-order valence-corrected chi connectivity index (χ1v) is 8.54. The molecule has 2 aromatic rings. The molecule has 0 heterocycles. The Morgan fingerprint density at radius 2 is 1.27 bits per heavy atom. The second-order valence-corrected chi connectivity index (χ2v) is 5.36. The van der Waals surface area contributed by atoms with Gasteiger partial charge in [-0.15, -0.1) is 0 Å². The van der Waals surface area contributed by atoms with E-state index in [4.69, 9.17) is 19.1 Å². The molecule has 0 bridgehead atoms. The van der Waals surface area contributed by atoms with E-state index in [2.05, 4.69) is 0 Å². The van der Waals surface area contributed by atoms with Gasteiger partial charge in [0, 0.05) is 0 Å². The zero-order valence-electron chi connectivity index (χ0n) is 17.7. The number of hydrogen-bond acceptors (Lipinski definition) is 6. The van der Waals surface area contributed by atoms with Gasteiger partial charge in [-0.2, -0.15) is 0 Å². The van der Waals surface area contributed by atoms with Crippen molar-refractivity contribution in [3.05, 3.63) is 58.7 Å². The van der Waals surface area contributed by atoms with Crippen molar-refractivity contribution in [3.63, 3.8) is 0 Å². The van der Waals surface area contributed by atoms with Crippen LogP contribution in [-0.2, 0) is 15.3 Å². The molecule has 2 N–H and O–H groups in total. The van der Waals surface area contributed by atoms with E-state index in [0.717, 1.165) is 6.42 Å². The van der Waals surface area contributed by atoms with Gasteiger partial charge in [-0.25, -0.2) is 9.59 Å². The first-order valence-electron chi connectivity index (χ1n) is 7.72. The van der Waals surface area contributed by atoms with Crippen LogP contribution in [0.2, 0.25) is 0 Å². The van der Waals surface area contributed by atoms with Crippen LogP contribution < -0.4 is 98.9 Å². The molecule has 0 unspecified atom stereocenters. The third-order valence-electron chi connectivity index (χ3n) is 3.29. The summed E-state index contributed by atoms with van der Waals surface area (Å²) in [6, 6.07) is 9.07. The Morgan fingerprint density at radius 1 is 0.867 bits per heavy atom. The molecule has 0 radical (unpaired) electrons. The SMILES string of the molecule is CCCc1cccc(C(=O)O)c1[O-].Cc1cccc(C(=O)O)c1[O-].O=[Si]=O.[Na+].[Na+].[Na+]. The van der Waals surface area contributed by atoms with E-state index in [1.54, 1.807) is 31.2 Å². The van der Waals surface area contributed by atoms with Crippen molar-refractivity contribution in [2.45, 2.75) is 26.7 Å². The van der Waals surface area contributed by atoms with Crippen molar-refractivity contribution in [2.75, 3.05) is 0 Å². The Kier molecular flexibility index (Phi) is 25.6. The molecule has 2 rings (SSSR count). The third-order valence-corrected chi connectivity index (χ3v) is 3.29. The van der Waals surface area contributed by atoms with E-state index in [1.807, 2.05) is 6.92 Å². The van der Waals surface area contributed by atoms with E-state index in [9.17, 15) is 19.8 Å². The van der Waals surface area contributed by atoms with E-state index in [0.29, 0.717) is 17.5 Å².